The van der Waals surface area contributed by atoms with Crippen LogP contribution >= 0.6 is 0 Å². The third kappa shape index (κ3) is 7.28. The first-order chi connectivity index (χ1) is 27.3. The molecule has 0 saturated carbocycles. The van der Waals surface area contributed by atoms with Crippen LogP contribution in [0.3, 0.4) is 0 Å². The summed E-state index contributed by atoms with van der Waals surface area (Å²) in [5.74, 6) is 1.46. The van der Waals surface area contributed by atoms with Crippen LogP contribution in [0.2, 0.25) is 0 Å². The van der Waals surface area contributed by atoms with E-state index < -0.39 is 12.1 Å². The second-order valence-electron chi connectivity index (χ2n) is 15.1. The van der Waals surface area contributed by atoms with Crippen LogP contribution in [0.15, 0.2) is 103 Å². The molecule has 6 aromatic rings. The summed E-state index contributed by atoms with van der Waals surface area (Å²) in [6.45, 7) is 5.16. The SMILES string of the molecule is COC(=O)N[C@H](C(=O)N1CCC[C@H]1c1ncc(-c2ccc(-c3ccc(-c4cnc([C@@H]5CCCN5C(=O)Cc5ccccc5)[nH]4)c4ccccc34)cc2)[nH]1)C(C)C. The van der Waals surface area contributed by atoms with E-state index in [9.17, 15) is 14.4 Å². The number of hydrogen-bond acceptors (Lipinski definition) is 6. The van der Waals surface area contributed by atoms with Crippen LogP contribution in [0.5, 0.6) is 0 Å². The Balaban J connectivity index is 0.997. The van der Waals surface area contributed by atoms with Crippen LogP contribution in [-0.4, -0.2) is 73.9 Å². The highest BCUT2D eigenvalue weighted by Crippen LogP contribution is 2.38. The zero-order valence-corrected chi connectivity index (χ0v) is 32.0. The van der Waals surface area contributed by atoms with E-state index in [4.69, 9.17) is 14.7 Å². The van der Waals surface area contributed by atoms with E-state index >= 15 is 0 Å². The summed E-state index contributed by atoms with van der Waals surface area (Å²) in [5.41, 5.74) is 7.08. The van der Waals surface area contributed by atoms with Crippen LogP contribution in [0.1, 0.15) is 68.8 Å². The molecule has 11 heteroatoms. The van der Waals surface area contributed by atoms with E-state index in [0.29, 0.717) is 13.0 Å². The molecule has 2 fully saturated rings. The highest BCUT2D eigenvalue weighted by Gasteiger charge is 2.37. The average Bonchev–Trinajstić information content (AvgIpc) is 4.07. The minimum absolute atomic E-state index is 0.0675. The number of imidazole rings is 2. The van der Waals surface area contributed by atoms with Gasteiger partial charge in [0.1, 0.15) is 17.7 Å². The number of nitrogens with zero attached hydrogens (tertiary/aromatic N) is 4. The van der Waals surface area contributed by atoms with Crippen molar-refractivity contribution in [1.82, 2.24) is 35.1 Å². The van der Waals surface area contributed by atoms with Crippen molar-refractivity contribution in [1.29, 1.82) is 0 Å². The van der Waals surface area contributed by atoms with Gasteiger partial charge in [0.15, 0.2) is 0 Å². The number of hydrogen-bond donors (Lipinski definition) is 3. The first-order valence-electron chi connectivity index (χ1n) is 19.5. The van der Waals surface area contributed by atoms with Crippen molar-refractivity contribution in [2.75, 3.05) is 20.2 Å². The van der Waals surface area contributed by atoms with E-state index in [1.807, 2.05) is 66.4 Å². The molecule has 2 saturated heterocycles. The molecule has 0 spiro atoms. The van der Waals surface area contributed by atoms with Gasteiger partial charge < -0.3 is 29.8 Å². The minimum atomic E-state index is -0.683. The molecule has 8 rings (SSSR count). The van der Waals surface area contributed by atoms with Crippen LogP contribution < -0.4 is 5.32 Å². The van der Waals surface area contributed by atoms with Gasteiger partial charge in [-0.25, -0.2) is 14.8 Å². The summed E-state index contributed by atoms with van der Waals surface area (Å²) < 4.78 is 4.77. The Morgan fingerprint density at radius 1 is 0.732 bits per heavy atom. The van der Waals surface area contributed by atoms with Gasteiger partial charge in [-0.2, -0.15) is 0 Å². The lowest BCUT2D eigenvalue weighted by Gasteiger charge is -2.30. The van der Waals surface area contributed by atoms with Gasteiger partial charge in [-0.1, -0.05) is 105 Å². The number of likely N-dealkylation sites (tertiary alicyclic amines) is 2. The summed E-state index contributed by atoms with van der Waals surface area (Å²) in [7, 11) is 1.30. The fraction of sp³-hybridized carbons (Fsp3) is 0.311. The highest BCUT2D eigenvalue weighted by atomic mass is 16.5. The molecular weight excluding hydrogens is 703 g/mol. The molecule has 0 bridgehead atoms. The molecule has 3 atom stereocenters. The quantitative estimate of drug-likeness (QED) is 0.129. The van der Waals surface area contributed by atoms with E-state index in [-0.39, 0.29) is 29.8 Å². The van der Waals surface area contributed by atoms with Gasteiger partial charge in [0.25, 0.3) is 0 Å². The van der Waals surface area contributed by atoms with Gasteiger partial charge in [0.05, 0.1) is 49.4 Å². The first kappa shape index (κ1) is 36.7. The van der Waals surface area contributed by atoms with Crippen LogP contribution in [0, 0.1) is 5.92 Å². The van der Waals surface area contributed by atoms with Gasteiger partial charge in [0, 0.05) is 18.7 Å². The third-order valence-electron chi connectivity index (χ3n) is 11.2. The maximum absolute atomic E-state index is 13.6. The van der Waals surface area contributed by atoms with Gasteiger partial charge >= 0.3 is 6.09 Å². The summed E-state index contributed by atoms with van der Waals surface area (Å²) in [5, 5.41) is 4.95. The lowest BCUT2D eigenvalue weighted by atomic mass is 9.93. The summed E-state index contributed by atoms with van der Waals surface area (Å²) in [4.78, 5) is 59.3. The van der Waals surface area contributed by atoms with Gasteiger partial charge in [-0.05, 0) is 64.6 Å². The molecule has 11 nitrogen and oxygen atoms in total. The van der Waals surface area contributed by atoms with Crippen LogP contribution in [-0.2, 0) is 20.7 Å². The number of aromatic amines is 2. The van der Waals surface area contributed by atoms with Crippen molar-refractivity contribution in [3.05, 3.63) is 121 Å². The standard InChI is InChI=1S/C45H47N7O4/c1-28(2)41(50-45(55)56-3)44(54)52-24-10-16-39(52)43-46-26-36(48-43)31-19-17-30(18-20-31)32-21-22-35(34-14-8-7-13-33(32)34)37-27-47-42(49-37)38-15-9-23-51(38)40(53)25-29-11-5-4-6-12-29/h4-8,11-14,17-22,26-28,38-39,41H,9-10,15-16,23-25H2,1-3H3,(H,46,48)(H,47,49)(H,50,55)/t38-,39-,41-/m0/s1. The summed E-state index contributed by atoms with van der Waals surface area (Å²) in [6, 6.07) is 30.1. The Kier molecular flexibility index (Phi) is 10.4. The number of carbonyl (C=O) groups excluding carboxylic acids is 3. The molecule has 0 aliphatic carbocycles. The van der Waals surface area contributed by atoms with Crippen molar-refractivity contribution in [3.8, 4) is 33.6 Å². The largest absolute Gasteiger partial charge is 0.453 e. The molecule has 0 unspecified atom stereocenters. The smallest absolute Gasteiger partial charge is 0.407 e. The lowest BCUT2D eigenvalue weighted by molar-refractivity contribution is -0.135. The molecule has 56 heavy (non-hydrogen) atoms. The number of nitrogens with one attached hydrogen (secondary N) is 3. The Morgan fingerprint density at radius 3 is 1.98 bits per heavy atom. The fourth-order valence-electron chi connectivity index (χ4n) is 8.32. The third-order valence-corrected chi connectivity index (χ3v) is 11.2. The first-order valence-corrected chi connectivity index (χ1v) is 19.5. The second kappa shape index (κ2) is 15.9. The van der Waals surface area contributed by atoms with Crippen molar-refractivity contribution in [3.63, 3.8) is 0 Å². The highest BCUT2D eigenvalue weighted by molar-refractivity contribution is 6.04. The number of H-pyrrole nitrogens is 2. The van der Waals surface area contributed by atoms with Crippen molar-refractivity contribution in [2.45, 2.75) is 64.1 Å². The fourth-order valence-corrected chi connectivity index (χ4v) is 8.32. The minimum Gasteiger partial charge on any atom is -0.453 e. The number of rotatable bonds is 10. The predicted molar refractivity (Wildman–Crippen MR) is 216 cm³/mol. The van der Waals surface area contributed by atoms with E-state index in [0.717, 1.165) is 93.9 Å². The molecule has 3 N–H and O–H groups in total. The van der Waals surface area contributed by atoms with E-state index in [1.165, 1.54) is 7.11 Å². The Hall–Kier alpha value is -6.23. The van der Waals surface area contributed by atoms with Gasteiger partial charge in [-0.15, -0.1) is 0 Å². The zero-order chi connectivity index (χ0) is 38.8. The number of fused-ring (bicyclic) bond motifs is 1. The number of alkyl carbamates (subject to hydrolysis) is 1. The van der Waals surface area contributed by atoms with E-state index in [2.05, 4.69) is 75.9 Å². The molecular formula is C45H47N7O4. The molecule has 2 aliphatic rings. The summed E-state index contributed by atoms with van der Waals surface area (Å²) in [6.07, 6.45) is 6.97. The Labute approximate surface area is 326 Å². The summed E-state index contributed by atoms with van der Waals surface area (Å²) >= 11 is 0. The normalized spacial score (nSPS) is 17.4. The van der Waals surface area contributed by atoms with Gasteiger partial charge in [-0.3, -0.25) is 9.59 Å². The molecule has 2 aliphatic heterocycles. The maximum Gasteiger partial charge on any atom is 0.407 e. The van der Waals surface area contributed by atoms with Gasteiger partial charge in [0.2, 0.25) is 11.8 Å². The Bertz CT molecular complexity index is 2350. The van der Waals surface area contributed by atoms with Crippen molar-refractivity contribution < 1.29 is 19.1 Å². The molecule has 2 aromatic heterocycles. The maximum atomic E-state index is 13.6. The molecule has 4 aromatic carbocycles. The molecule has 286 valence electrons. The van der Waals surface area contributed by atoms with Crippen LogP contribution in [0.25, 0.3) is 44.4 Å². The second-order valence-corrected chi connectivity index (χ2v) is 15.1. The van der Waals surface area contributed by atoms with Crippen molar-refractivity contribution >= 4 is 28.7 Å². The number of methoxy groups -OCH3 is 1. The average molecular weight is 750 g/mol. The molecule has 0 radical (unpaired) electrons. The van der Waals surface area contributed by atoms with Crippen molar-refractivity contribution in [2.24, 2.45) is 5.92 Å². The monoisotopic (exact) mass is 749 g/mol. The number of benzene rings is 4. The Morgan fingerprint density at radius 2 is 1.30 bits per heavy atom. The van der Waals surface area contributed by atoms with Crippen LogP contribution in [0.4, 0.5) is 4.79 Å². The number of amides is 3. The predicted octanol–water partition coefficient (Wildman–Crippen LogP) is 8.24. The lowest BCUT2D eigenvalue weighted by Crippen LogP contribution is -2.51. The molecule has 3 amide bonds. The number of carbonyl (C=O) groups is 3. The topological polar surface area (TPSA) is 136 Å². The number of aromatic nitrogens is 4. The zero-order valence-electron chi connectivity index (χ0n) is 32.0. The number of ether oxygens (including phenoxy) is 1. The molecule has 4 heterocycles. The van der Waals surface area contributed by atoms with E-state index in [1.54, 1.807) is 0 Å².